The van der Waals surface area contributed by atoms with E-state index in [0.29, 0.717) is 17.5 Å². The number of hydrogen-bond acceptors (Lipinski definition) is 4. The van der Waals surface area contributed by atoms with Gasteiger partial charge < -0.3 is 13.6 Å². The van der Waals surface area contributed by atoms with Crippen molar-refractivity contribution in [3.05, 3.63) is 237 Å². The third-order valence-electron chi connectivity index (χ3n) is 13.6. The number of rotatable bonds is 7. The molecule has 0 bridgehead atoms. The largest absolute Gasteiger partial charge is 0.454 e. The minimum absolute atomic E-state index is 0.569. The maximum atomic E-state index is 7.13. The number of benzene rings is 10. The zero-order chi connectivity index (χ0) is 45.4. The van der Waals surface area contributed by atoms with Gasteiger partial charge in [0.15, 0.2) is 23.1 Å². The second-order valence-electron chi connectivity index (χ2n) is 17.5. The molecular formula is C63H39N5O. The summed E-state index contributed by atoms with van der Waals surface area (Å²) in [6.07, 6.45) is 0. The number of fused-ring (bicyclic) bond motifs is 10. The Labute approximate surface area is 396 Å². The summed E-state index contributed by atoms with van der Waals surface area (Å²) < 4.78 is 11.9. The van der Waals surface area contributed by atoms with Crippen LogP contribution in [0.5, 0.6) is 0 Å². The molecule has 0 aliphatic rings. The lowest BCUT2D eigenvalue weighted by molar-refractivity contribution is 0.671. The van der Waals surface area contributed by atoms with E-state index in [1.165, 1.54) is 10.8 Å². The maximum Gasteiger partial charge on any atom is 0.164 e. The van der Waals surface area contributed by atoms with Crippen LogP contribution in [0.3, 0.4) is 0 Å². The Morgan fingerprint density at radius 2 is 0.768 bits per heavy atom. The summed E-state index contributed by atoms with van der Waals surface area (Å²) >= 11 is 0. The number of hydrogen-bond donors (Lipinski definition) is 0. The van der Waals surface area contributed by atoms with E-state index >= 15 is 0 Å². The SMILES string of the molecule is c1ccc(-c2ccc(-c3nc(-c4ccc(-c5ccccc5)cc4)nc(-c4cccc5oc6c(ccc7c8cccc(-n9c%10ccccc%10c%10ccccc%109)c8n(-c8ccccc8)c76)c45)n3)cc2)cc1. The van der Waals surface area contributed by atoms with Crippen molar-refractivity contribution in [2.75, 3.05) is 0 Å². The van der Waals surface area contributed by atoms with Crippen molar-refractivity contribution < 1.29 is 4.42 Å². The van der Waals surface area contributed by atoms with Gasteiger partial charge in [-0.25, -0.2) is 15.0 Å². The van der Waals surface area contributed by atoms with Crippen molar-refractivity contribution in [1.29, 1.82) is 0 Å². The van der Waals surface area contributed by atoms with Gasteiger partial charge in [-0.2, -0.15) is 0 Å². The Morgan fingerprint density at radius 1 is 0.304 bits per heavy atom. The summed E-state index contributed by atoms with van der Waals surface area (Å²) in [6.45, 7) is 0. The number of aromatic nitrogens is 5. The Kier molecular flexibility index (Phi) is 8.79. The average molecular weight is 882 g/mol. The van der Waals surface area contributed by atoms with Crippen LogP contribution in [0.25, 0.3) is 133 Å². The average Bonchev–Trinajstić information content (AvgIpc) is 4.10. The molecule has 14 aromatic rings. The summed E-state index contributed by atoms with van der Waals surface area (Å²) in [6, 6.07) is 83.1. The van der Waals surface area contributed by atoms with Crippen molar-refractivity contribution >= 4 is 65.6 Å². The van der Waals surface area contributed by atoms with Crippen LogP contribution < -0.4 is 0 Å². The van der Waals surface area contributed by atoms with E-state index in [1.54, 1.807) is 0 Å². The van der Waals surface area contributed by atoms with Gasteiger partial charge in [-0.3, -0.25) is 0 Å². The number of para-hydroxylation sites is 4. The fourth-order valence-electron chi connectivity index (χ4n) is 10.4. The molecule has 4 heterocycles. The molecule has 0 atom stereocenters. The van der Waals surface area contributed by atoms with Gasteiger partial charge in [-0.1, -0.05) is 194 Å². The van der Waals surface area contributed by atoms with E-state index < -0.39 is 0 Å². The lowest BCUT2D eigenvalue weighted by Gasteiger charge is -2.14. The third kappa shape index (κ3) is 6.23. The van der Waals surface area contributed by atoms with E-state index in [4.69, 9.17) is 19.4 Å². The Balaban J connectivity index is 1.00. The molecular weight excluding hydrogens is 843 g/mol. The first-order valence-electron chi connectivity index (χ1n) is 23.3. The van der Waals surface area contributed by atoms with Gasteiger partial charge in [-0.05, 0) is 64.7 Å². The summed E-state index contributed by atoms with van der Waals surface area (Å²) in [5.41, 5.74) is 15.3. The van der Waals surface area contributed by atoms with Gasteiger partial charge >= 0.3 is 0 Å². The first-order valence-corrected chi connectivity index (χ1v) is 23.3. The smallest absolute Gasteiger partial charge is 0.164 e. The van der Waals surface area contributed by atoms with Crippen LogP contribution in [0.4, 0.5) is 0 Å². The maximum absolute atomic E-state index is 7.13. The Hall–Kier alpha value is -9.39. The molecule has 6 nitrogen and oxygen atoms in total. The lowest BCUT2D eigenvalue weighted by Crippen LogP contribution is -2.00. The van der Waals surface area contributed by atoms with Crippen LogP contribution in [0.2, 0.25) is 0 Å². The molecule has 10 aromatic carbocycles. The Bertz CT molecular complexity index is 4110. The van der Waals surface area contributed by atoms with Crippen LogP contribution in [-0.4, -0.2) is 24.1 Å². The molecule has 0 fully saturated rings. The van der Waals surface area contributed by atoms with Crippen molar-refractivity contribution in [3.63, 3.8) is 0 Å². The van der Waals surface area contributed by atoms with Gasteiger partial charge in [0.2, 0.25) is 0 Å². The van der Waals surface area contributed by atoms with Crippen LogP contribution in [0.15, 0.2) is 241 Å². The standard InChI is InChI=1S/C63H39N5O/c1-4-16-40(17-5-1)42-30-34-44(35-31-42)61-64-62(45-36-32-43(33-37-45)41-18-6-2-7-19-41)66-63(65-61)52-25-15-29-56-57(52)51-39-38-50-49-24-14-28-55(58(49)67(59(50)60(51)69-56)46-20-8-3-9-21-46)68-53-26-12-10-22-47(53)48-23-11-13-27-54(48)68/h1-39H. The number of nitrogens with zero attached hydrogens (tertiary/aromatic N) is 5. The summed E-state index contributed by atoms with van der Waals surface area (Å²) in [4.78, 5) is 15.7. The van der Waals surface area contributed by atoms with Gasteiger partial charge in [-0.15, -0.1) is 0 Å². The van der Waals surface area contributed by atoms with Crippen LogP contribution in [0.1, 0.15) is 0 Å². The van der Waals surface area contributed by atoms with Crippen molar-refractivity contribution in [3.8, 4) is 67.8 Å². The molecule has 0 N–H and O–H groups in total. The molecule has 69 heavy (non-hydrogen) atoms. The topological polar surface area (TPSA) is 61.7 Å². The van der Waals surface area contributed by atoms with E-state index in [2.05, 4.69) is 228 Å². The fraction of sp³-hybridized carbons (Fsp3) is 0. The van der Waals surface area contributed by atoms with Gasteiger partial charge in [0.1, 0.15) is 5.58 Å². The summed E-state index contributed by atoms with van der Waals surface area (Å²) in [7, 11) is 0. The lowest BCUT2D eigenvalue weighted by atomic mass is 10.0. The molecule has 322 valence electrons. The van der Waals surface area contributed by atoms with Crippen molar-refractivity contribution in [2.45, 2.75) is 0 Å². The first kappa shape index (κ1) is 38.8. The van der Waals surface area contributed by atoms with Crippen molar-refractivity contribution in [2.24, 2.45) is 0 Å². The highest BCUT2D eigenvalue weighted by Gasteiger charge is 2.25. The molecule has 6 heteroatoms. The minimum atomic E-state index is 0.569. The van der Waals surface area contributed by atoms with E-state index in [1.807, 2.05) is 18.2 Å². The van der Waals surface area contributed by atoms with E-state index in [-0.39, 0.29) is 0 Å². The first-order chi connectivity index (χ1) is 34.2. The minimum Gasteiger partial charge on any atom is -0.454 e. The molecule has 0 radical (unpaired) electrons. The highest BCUT2D eigenvalue weighted by molar-refractivity contribution is 6.24. The molecule has 4 aromatic heterocycles. The normalized spacial score (nSPS) is 11.8. The predicted octanol–water partition coefficient (Wildman–Crippen LogP) is 16.3. The third-order valence-corrected chi connectivity index (χ3v) is 13.6. The van der Waals surface area contributed by atoms with E-state index in [0.717, 1.165) is 105 Å². The molecule has 0 aliphatic heterocycles. The zero-order valence-electron chi connectivity index (χ0n) is 37.2. The van der Waals surface area contributed by atoms with Crippen LogP contribution >= 0.6 is 0 Å². The van der Waals surface area contributed by atoms with Gasteiger partial charge in [0.25, 0.3) is 0 Å². The number of furan rings is 1. The molecule has 0 saturated carbocycles. The van der Waals surface area contributed by atoms with Crippen LogP contribution in [0, 0.1) is 0 Å². The predicted molar refractivity (Wildman–Crippen MR) is 283 cm³/mol. The zero-order valence-corrected chi connectivity index (χ0v) is 37.2. The molecule has 0 unspecified atom stereocenters. The second kappa shape index (κ2) is 15.6. The Morgan fingerprint density at radius 3 is 1.38 bits per heavy atom. The second-order valence-corrected chi connectivity index (χ2v) is 17.5. The summed E-state index contributed by atoms with van der Waals surface area (Å²) in [5, 5.41) is 6.61. The molecule has 14 rings (SSSR count). The molecule has 0 aliphatic carbocycles. The van der Waals surface area contributed by atoms with Gasteiger partial charge in [0.05, 0.1) is 27.8 Å². The highest BCUT2D eigenvalue weighted by Crippen LogP contribution is 2.45. The van der Waals surface area contributed by atoms with Crippen molar-refractivity contribution in [1.82, 2.24) is 24.1 Å². The van der Waals surface area contributed by atoms with Crippen LogP contribution in [-0.2, 0) is 0 Å². The fourth-order valence-corrected chi connectivity index (χ4v) is 10.4. The van der Waals surface area contributed by atoms with E-state index in [9.17, 15) is 0 Å². The monoisotopic (exact) mass is 881 g/mol. The summed E-state index contributed by atoms with van der Waals surface area (Å²) in [5.74, 6) is 1.76. The molecule has 0 saturated heterocycles. The quantitative estimate of drug-likeness (QED) is 0.160. The molecule has 0 amide bonds. The molecule has 0 spiro atoms. The van der Waals surface area contributed by atoms with Gasteiger partial charge in [0, 0.05) is 54.7 Å². The highest BCUT2D eigenvalue weighted by atomic mass is 16.3.